The van der Waals surface area contributed by atoms with Crippen molar-refractivity contribution in [1.29, 1.82) is 0 Å². The van der Waals surface area contributed by atoms with Crippen LogP contribution in [0.25, 0.3) is 97.7 Å². The summed E-state index contributed by atoms with van der Waals surface area (Å²) in [5.41, 5.74) is 5.09. The summed E-state index contributed by atoms with van der Waals surface area (Å²) in [5, 5.41) is 17.9. The predicted molar refractivity (Wildman–Crippen MR) is 200 cm³/mol. The highest BCUT2D eigenvalue weighted by Gasteiger charge is 2.19. The summed E-state index contributed by atoms with van der Waals surface area (Å²) < 4.78 is 0. The molecule has 0 amide bonds. The molecule has 0 N–H and O–H groups in total. The van der Waals surface area contributed by atoms with Crippen molar-refractivity contribution in [2.75, 3.05) is 0 Å². The first-order valence-corrected chi connectivity index (χ1v) is 16.0. The van der Waals surface area contributed by atoms with E-state index in [4.69, 9.17) is 0 Å². The Morgan fingerprint density at radius 2 is 0.587 bits per heavy atom. The SMILES string of the molecule is c1ccc2c(c1)ccc1ccc(-c3c4ccccc4c(-c4ccc5ccc6ccccc6c5c4)c4c3ccc3ccccc34)cc12. The standard InChI is InChI=1S/C46H28/c1-4-12-36-29(9-1)17-19-32-21-23-34(27-42(32)36)44-39-15-7-8-16-40(39)45(46-38-14-6-3-11-31(38)25-26-41(44)46)35-24-22-33-20-18-30-10-2-5-13-37(30)43(33)28-35/h1-28H. The fraction of sp³-hybridized carbons (Fsp3) is 0. The Labute approximate surface area is 266 Å². The highest BCUT2D eigenvalue weighted by Crippen LogP contribution is 2.47. The summed E-state index contributed by atoms with van der Waals surface area (Å²) in [4.78, 5) is 0. The van der Waals surface area contributed by atoms with E-state index < -0.39 is 0 Å². The topological polar surface area (TPSA) is 0 Å². The van der Waals surface area contributed by atoms with E-state index in [2.05, 4.69) is 170 Å². The monoisotopic (exact) mass is 580 g/mol. The van der Waals surface area contributed by atoms with Crippen LogP contribution in [0.15, 0.2) is 170 Å². The lowest BCUT2D eigenvalue weighted by atomic mass is 9.83. The normalized spacial score (nSPS) is 11.9. The largest absolute Gasteiger partial charge is 0.0616 e. The van der Waals surface area contributed by atoms with E-state index >= 15 is 0 Å². The van der Waals surface area contributed by atoms with Gasteiger partial charge in [0.25, 0.3) is 0 Å². The average molecular weight is 581 g/mol. The Morgan fingerprint density at radius 3 is 1.15 bits per heavy atom. The van der Waals surface area contributed by atoms with Crippen LogP contribution in [0.1, 0.15) is 0 Å². The average Bonchev–Trinajstić information content (AvgIpc) is 3.13. The van der Waals surface area contributed by atoms with Crippen LogP contribution < -0.4 is 0 Å². The first kappa shape index (κ1) is 25.4. The van der Waals surface area contributed by atoms with Gasteiger partial charge in [0, 0.05) is 0 Å². The molecule has 0 bridgehead atoms. The van der Waals surface area contributed by atoms with Crippen molar-refractivity contribution in [3.8, 4) is 22.3 Å². The fourth-order valence-corrected chi connectivity index (χ4v) is 7.87. The van der Waals surface area contributed by atoms with Gasteiger partial charge in [0.05, 0.1) is 0 Å². The number of hydrogen-bond acceptors (Lipinski definition) is 0. The molecular weight excluding hydrogens is 553 g/mol. The van der Waals surface area contributed by atoms with Crippen LogP contribution >= 0.6 is 0 Å². The van der Waals surface area contributed by atoms with E-state index in [1.807, 2.05) is 0 Å². The minimum atomic E-state index is 1.25. The minimum Gasteiger partial charge on any atom is -0.0616 e. The van der Waals surface area contributed by atoms with Crippen LogP contribution in [-0.2, 0) is 0 Å². The van der Waals surface area contributed by atoms with E-state index in [-0.39, 0.29) is 0 Å². The summed E-state index contributed by atoms with van der Waals surface area (Å²) in [5.74, 6) is 0. The molecule has 212 valence electrons. The van der Waals surface area contributed by atoms with E-state index in [1.54, 1.807) is 0 Å². The predicted octanol–water partition coefficient (Wildman–Crippen LogP) is 13.1. The fourth-order valence-electron chi connectivity index (χ4n) is 7.87. The maximum absolute atomic E-state index is 2.42. The molecule has 0 aliphatic carbocycles. The van der Waals surface area contributed by atoms with Gasteiger partial charge in [-0.15, -0.1) is 0 Å². The lowest BCUT2D eigenvalue weighted by Gasteiger charge is -2.20. The van der Waals surface area contributed by atoms with Crippen LogP contribution in [0, 0.1) is 0 Å². The van der Waals surface area contributed by atoms with Crippen molar-refractivity contribution in [2.45, 2.75) is 0 Å². The molecule has 0 heteroatoms. The molecule has 0 radical (unpaired) electrons. The zero-order valence-corrected chi connectivity index (χ0v) is 25.2. The van der Waals surface area contributed by atoms with Crippen LogP contribution in [0.5, 0.6) is 0 Å². The van der Waals surface area contributed by atoms with Gasteiger partial charge in [0.15, 0.2) is 0 Å². The molecular formula is C46H28. The van der Waals surface area contributed by atoms with E-state index in [1.165, 1.54) is 97.7 Å². The maximum atomic E-state index is 2.42. The zero-order valence-electron chi connectivity index (χ0n) is 25.2. The molecule has 0 aromatic heterocycles. The second-order valence-corrected chi connectivity index (χ2v) is 12.5. The molecule has 0 aliphatic rings. The molecule has 10 aromatic carbocycles. The highest BCUT2D eigenvalue weighted by molar-refractivity contribution is 6.28. The van der Waals surface area contributed by atoms with Gasteiger partial charge >= 0.3 is 0 Å². The number of rotatable bonds is 2. The molecule has 0 heterocycles. The van der Waals surface area contributed by atoms with Crippen molar-refractivity contribution in [3.63, 3.8) is 0 Å². The third-order valence-corrected chi connectivity index (χ3v) is 9.98. The first-order valence-electron chi connectivity index (χ1n) is 16.0. The molecule has 0 fully saturated rings. The first-order chi connectivity index (χ1) is 22.8. The van der Waals surface area contributed by atoms with E-state index in [0.29, 0.717) is 0 Å². The molecule has 0 aliphatic heterocycles. The molecule has 10 rings (SSSR count). The Morgan fingerprint density at radius 1 is 0.217 bits per heavy atom. The van der Waals surface area contributed by atoms with Gasteiger partial charge < -0.3 is 0 Å². The quantitative estimate of drug-likeness (QED) is 0.141. The zero-order chi connectivity index (χ0) is 30.2. The van der Waals surface area contributed by atoms with E-state index in [9.17, 15) is 0 Å². The summed E-state index contributed by atoms with van der Waals surface area (Å²) in [6, 6.07) is 63.0. The minimum absolute atomic E-state index is 1.25. The smallest absolute Gasteiger partial charge is 0.00141 e. The van der Waals surface area contributed by atoms with Crippen molar-refractivity contribution >= 4 is 75.4 Å². The second kappa shape index (κ2) is 9.76. The second-order valence-electron chi connectivity index (χ2n) is 12.5. The van der Waals surface area contributed by atoms with Crippen LogP contribution in [0.4, 0.5) is 0 Å². The Bertz CT molecular complexity index is 2850. The Hall–Kier alpha value is -5.98. The molecule has 0 saturated heterocycles. The van der Waals surface area contributed by atoms with Crippen molar-refractivity contribution < 1.29 is 0 Å². The summed E-state index contributed by atoms with van der Waals surface area (Å²) in [7, 11) is 0. The van der Waals surface area contributed by atoms with Crippen LogP contribution in [0.2, 0.25) is 0 Å². The molecule has 0 nitrogen and oxygen atoms in total. The lowest BCUT2D eigenvalue weighted by molar-refractivity contribution is 1.70. The van der Waals surface area contributed by atoms with Crippen molar-refractivity contribution in [2.24, 2.45) is 0 Å². The Balaban J connectivity index is 1.37. The number of benzene rings is 10. The third kappa shape index (κ3) is 3.68. The van der Waals surface area contributed by atoms with Crippen LogP contribution in [0.3, 0.4) is 0 Å². The highest BCUT2D eigenvalue weighted by atomic mass is 14.2. The van der Waals surface area contributed by atoms with Crippen LogP contribution in [-0.4, -0.2) is 0 Å². The number of fused-ring (bicyclic) bond motifs is 10. The Kier molecular flexibility index (Phi) is 5.38. The molecule has 0 saturated carbocycles. The molecule has 10 aromatic rings. The van der Waals surface area contributed by atoms with Gasteiger partial charge in [-0.3, -0.25) is 0 Å². The van der Waals surface area contributed by atoms with Crippen molar-refractivity contribution in [1.82, 2.24) is 0 Å². The summed E-state index contributed by atoms with van der Waals surface area (Å²) in [6.07, 6.45) is 0. The van der Waals surface area contributed by atoms with Crippen molar-refractivity contribution in [3.05, 3.63) is 170 Å². The van der Waals surface area contributed by atoms with Gasteiger partial charge in [0.2, 0.25) is 0 Å². The maximum Gasteiger partial charge on any atom is -0.00141 e. The third-order valence-electron chi connectivity index (χ3n) is 9.98. The molecule has 0 spiro atoms. The summed E-state index contributed by atoms with van der Waals surface area (Å²) in [6.45, 7) is 0. The number of hydrogen-bond donors (Lipinski definition) is 0. The van der Waals surface area contributed by atoms with Gasteiger partial charge in [-0.05, 0) is 110 Å². The van der Waals surface area contributed by atoms with Gasteiger partial charge in [-0.1, -0.05) is 158 Å². The van der Waals surface area contributed by atoms with Gasteiger partial charge in [-0.25, -0.2) is 0 Å². The van der Waals surface area contributed by atoms with E-state index in [0.717, 1.165) is 0 Å². The van der Waals surface area contributed by atoms with Gasteiger partial charge in [0.1, 0.15) is 0 Å². The summed E-state index contributed by atoms with van der Waals surface area (Å²) >= 11 is 0. The van der Waals surface area contributed by atoms with Gasteiger partial charge in [-0.2, -0.15) is 0 Å². The molecule has 46 heavy (non-hydrogen) atoms. The lowest BCUT2D eigenvalue weighted by Crippen LogP contribution is -1.92. The molecule has 0 unspecified atom stereocenters. The molecule has 0 atom stereocenters.